The van der Waals surface area contributed by atoms with Crippen LogP contribution in [0.25, 0.3) is 11.8 Å². The van der Waals surface area contributed by atoms with Crippen LogP contribution in [0.5, 0.6) is 11.5 Å². The predicted molar refractivity (Wildman–Crippen MR) is 132 cm³/mol. The van der Waals surface area contributed by atoms with Crippen LogP contribution >= 0.6 is 0 Å². The van der Waals surface area contributed by atoms with Crippen LogP contribution in [0.3, 0.4) is 0 Å². The summed E-state index contributed by atoms with van der Waals surface area (Å²) in [5, 5.41) is 2.25. The van der Waals surface area contributed by atoms with E-state index < -0.39 is 17.8 Å². The second kappa shape index (κ2) is 10.1. The number of halogens is 1. The van der Waals surface area contributed by atoms with Crippen molar-refractivity contribution in [3.63, 3.8) is 0 Å². The summed E-state index contributed by atoms with van der Waals surface area (Å²) in [6.45, 7) is 3.79. The molecule has 4 rings (SSSR count). The highest BCUT2D eigenvalue weighted by Crippen LogP contribution is 2.28. The molecule has 0 aliphatic carbocycles. The fraction of sp³-hybridized carbons (Fsp3) is 0.222. The Balaban J connectivity index is 1.59. The van der Waals surface area contributed by atoms with E-state index in [4.69, 9.17) is 9.47 Å². The number of aromatic nitrogens is 1. The van der Waals surface area contributed by atoms with Crippen molar-refractivity contribution in [1.82, 2.24) is 14.8 Å². The van der Waals surface area contributed by atoms with E-state index in [0.29, 0.717) is 23.5 Å². The number of nitrogens with zero attached hydrogens (tertiary/aromatic N) is 2. The molecule has 4 amide bonds. The molecular formula is C27H26FN3O5. The van der Waals surface area contributed by atoms with Crippen LogP contribution in [0.15, 0.2) is 54.1 Å². The van der Waals surface area contributed by atoms with E-state index >= 15 is 0 Å². The second-order valence-corrected chi connectivity index (χ2v) is 8.35. The van der Waals surface area contributed by atoms with E-state index in [0.717, 1.165) is 27.5 Å². The molecule has 9 heteroatoms. The van der Waals surface area contributed by atoms with Gasteiger partial charge in [0.2, 0.25) is 0 Å². The van der Waals surface area contributed by atoms with E-state index in [-0.39, 0.29) is 17.9 Å². The number of carbonyl (C=O) groups excluding carboxylic acids is 3. The quantitative estimate of drug-likeness (QED) is 0.399. The van der Waals surface area contributed by atoms with Gasteiger partial charge in [0.1, 0.15) is 11.4 Å². The number of nitrogens with one attached hydrogen (secondary N) is 1. The fourth-order valence-corrected chi connectivity index (χ4v) is 4.25. The van der Waals surface area contributed by atoms with Gasteiger partial charge in [-0.3, -0.25) is 19.8 Å². The molecule has 1 N–H and O–H groups in total. The monoisotopic (exact) mass is 491 g/mol. The lowest BCUT2D eigenvalue weighted by Gasteiger charge is -2.26. The van der Waals surface area contributed by atoms with E-state index in [1.54, 1.807) is 24.3 Å². The number of urea groups is 1. The van der Waals surface area contributed by atoms with E-state index in [9.17, 15) is 18.8 Å². The van der Waals surface area contributed by atoms with Gasteiger partial charge in [-0.25, -0.2) is 9.18 Å². The van der Waals surface area contributed by atoms with Crippen molar-refractivity contribution in [3.8, 4) is 17.2 Å². The van der Waals surface area contributed by atoms with Crippen molar-refractivity contribution < 1.29 is 28.2 Å². The van der Waals surface area contributed by atoms with Crippen molar-refractivity contribution in [1.29, 1.82) is 0 Å². The van der Waals surface area contributed by atoms with Gasteiger partial charge in [-0.05, 0) is 79.9 Å². The Bertz CT molecular complexity index is 1370. The Morgan fingerprint density at radius 2 is 1.64 bits per heavy atom. The van der Waals surface area contributed by atoms with Gasteiger partial charge in [-0.2, -0.15) is 0 Å². The molecule has 1 aliphatic rings. The number of benzene rings is 2. The minimum atomic E-state index is -0.764. The van der Waals surface area contributed by atoms with Crippen LogP contribution in [0.4, 0.5) is 9.18 Å². The second-order valence-electron chi connectivity index (χ2n) is 8.35. The zero-order valence-electron chi connectivity index (χ0n) is 20.4. The Morgan fingerprint density at radius 3 is 2.31 bits per heavy atom. The van der Waals surface area contributed by atoms with Gasteiger partial charge in [-0.15, -0.1) is 0 Å². The minimum absolute atomic E-state index is 0.0688. The van der Waals surface area contributed by atoms with Crippen molar-refractivity contribution in [2.24, 2.45) is 0 Å². The average Bonchev–Trinajstić information content (AvgIpc) is 3.14. The lowest BCUT2D eigenvalue weighted by atomic mass is 10.1. The number of barbiturate groups is 1. The number of amides is 4. The number of ether oxygens (including phenoxy) is 2. The number of aryl methyl sites for hydroxylation is 1. The number of imide groups is 2. The zero-order valence-corrected chi connectivity index (χ0v) is 20.4. The Kier molecular flexibility index (Phi) is 6.91. The summed E-state index contributed by atoms with van der Waals surface area (Å²) in [5.41, 5.74) is 3.70. The number of hydrogen-bond acceptors (Lipinski definition) is 5. The van der Waals surface area contributed by atoms with Crippen molar-refractivity contribution in [2.45, 2.75) is 20.3 Å². The van der Waals surface area contributed by atoms with E-state index in [1.807, 2.05) is 30.5 Å². The molecular weight excluding hydrogens is 465 g/mol. The topological polar surface area (TPSA) is 89.9 Å². The van der Waals surface area contributed by atoms with Gasteiger partial charge in [0.15, 0.2) is 11.5 Å². The molecule has 186 valence electrons. The van der Waals surface area contributed by atoms with Gasteiger partial charge in [-0.1, -0.05) is 6.07 Å². The Morgan fingerprint density at radius 1 is 0.944 bits per heavy atom. The normalized spacial score (nSPS) is 14.9. The van der Waals surface area contributed by atoms with E-state index in [1.165, 1.54) is 32.4 Å². The summed E-state index contributed by atoms with van der Waals surface area (Å²) in [6.07, 6.45) is 1.84. The summed E-state index contributed by atoms with van der Waals surface area (Å²) in [4.78, 5) is 39.2. The largest absolute Gasteiger partial charge is 0.493 e. The summed E-state index contributed by atoms with van der Waals surface area (Å²) < 4.78 is 25.8. The maximum Gasteiger partial charge on any atom is 0.331 e. The molecule has 36 heavy (non-hydrogen) atoms. The molecule has 2 heterocycles. The third-order valence-electron chi connectivity index (χ3n) is 6.11. The van der Waals surface area contributed by atoms with Crippen LogP contribution < -0.4 is 14.8 Å². The van der Waals surface area contributed by atoms with Gasteiger partial charge in [0, 0.05) is 23.6 Å². The van der Waals surface area contributed by atoms with Crippen LogP contribution in [0.1, 0.15) is 22.5 Å². The first-order valence-corrected chi connectivity index (χ1v) is 11.3. The minimum Gasteiger partial charge on any atom is -0.493 e. The number of hydrogen-bond donors (Lipinski definition) is 1. The summed E-state index contributed by atoms with van der Waals surface area (Å²) in [5.74, 6) is -0.653. The Labute approximate surface area is 207 Å². The number of methoxy groups -OCH3 is 2. The maximum atomic E-state index is 13.4. The highest BCUT2D eigenvalue weighted by molar-refractivity contribution is 6.31. The SMILES string of the molecule is COc1ccc(CCN2C(=O)NC(=O)C(=Cc3cc(C)n(-c4ccc(F)cc4)c3C)C2=O)cc1OC. The van der Waals surface area contributed by atoms with Crippen LogP contribution in [-0.2, 0) is 16.0 Å². The van der Waals surface area contributed by atoms with Crippen LogP contribution in [-0.4, -0.2) is 48.1 Å². The zero-order chi connectivity index (χ0) is 26.0. The van der Waals surface area contributed by atoms with E-state index in [2.05, 4.69) is 5.32 Å². The molecule has 0 spiro atoms. The molecule has 1 fully saturated rings. The van der Waals surface area contributed by atoms with Gasteiger partial charge < -0.3 is 14.0 Å². The molecule has 0 radical (unpaired) electrons. The van der Waals surface area contributed by atoms with Crippen LogP contribution in [0.2, 0.25) is 0 Å². The Hall–Kier alpha value is -4.40. The van der Waals surface area contributed by atoms with Crippen molar-refractivity contribution in [2.75, 3.05) is 20.8 Å². The molecule has 8 nitrogen and oxygen atoms in total. The van der Waals surface area contributed by atoms with Crippen LogP contribution in [0, 0.1) is 19.7 Å². The molecule has 0 bridgehead atoms. The fourth-order valence-electron chi connectivity index (χ4n) is 4.25. The molecule has 1 saturated heterocycles. The number of rotatable bonds is 7. The predicted octanol–water partition coefficient (Wildman–Crippen LogP) is 3.95. The molecule has 0 unspecified atom stereocenters. The standard InChI is InChI=1S/C27H26FN3O5/c1-16-13-19(17(2)31(16)21-8-6-20(28)7-9-21)15-22-25(32)29-27(34)30(26(22)33)12-11-18-5-10-23(35-3)24(14-18)36-4/h5-10,13-15H,11-12H2,1-4H3,(H,29,32,34). The molecule has 2 aromatic carbocycles. The molecule has 0 atom stereocenters. The highest BCUT2D eigenvalue weighted by atomic mass is 19.1. The first-order valence-electron chi connectivity index (χ1n) is 11.3. The molecule has 1 aromatic heterocycles. The van der Waals surface area contributed by atoms with Crippen molar-refractivity contribution >= 4 is 23.9 Å². The third kappa shape index (κ3) is 4.72. The lowest BCUT2D eigenvalue weighted by molar-refractivity contribution is -0.130. The molecule has 3 aromatic rings. The summed E-state index contributed by atoms with van der Waals surface area (Å²) in [7, 11) is 3.06. The lowest BCUT2D eigenvalue weighted by Crippen LogP contribution is -2.54. The van der Waals surface area contributed by atoms with Gasteiger partial charge >= 0.3 is 6.03 Å². The first kappa shape index (κ1) is 24.7. The van der Waals surface area contributed by atoms with Gasteiger partial charge in [0.25, 0.3) is 11.8 Å². The smallest absolute Gasteiger partial charge is 0.331 e. The molecule has 1 aliphatic heterocycles. The third-order valence-corrected chi connectivity index (χ3v) is 6.11. The molecule has 0 saturated carbocycles. The number of carbonyl (C=O) groups is 3. The first-order chi connectivity index (χ1) is 17.2. The highest BCUT2D eigenvalue weighted by Gasteiger charge is 2.35. The average molecular weight is 492 g/mol. The maximum absolute atomic E-state index is 13.4. The van der Waals surface area contributed by atoms with Gasteiger partial charge in [0.05, 0.1) is 14.2 Å². The summed E-state index contributed by atoms with van der Waals surface area (Å²) in [6, 6.07) is 12.4. The van der Waals surface area contributed by atoms with Crippen molar-refractivity contribution in [3.05, 3.63) is 82.4 Å². The summed E-state index contributed by atoms with van der Waals surface area (Å²) >= 11 is 0.